The highest BCUT2D eigenvalue weighted by atomic mass is 35.5. The molecule has 1 aliphatic carbocycles. The molecule has 5 rings (SSSR count). The van der Waals surface area contributed by atoms with Gasteiger partial charge in [-0.2, -0.15) is 5.10 Å². The van der Waals surface area contributed by atoms with E-state index >= 15 is 0 Å². The molecule has 0 bridgehead atoms. The van der Waals surface area contributed by atoms with Gasteiger partial charge in [-0.15, -0.1) is 0 Å². The predicted molar refractivity (Wildman–Crippen MR) is 128 cm³/mol. The van der Waals surface area contributed by atoms with Crippen LogP contribution in [0.25, 0.3) is 0 Å². The first-order valence-corrected chi connectivity index (χ1v) is 11.4. The van der Waals surface area contributed by atoms with Crippen molar-refractivity contribution in [2.45, 2.75) is 19.4 Å². The van der Waals surface area contributed by atoms with E-state index in [0.29, 0.717) is 35.5 Å². The number of allylic oxidation sites excluding steroid dienone is 2. The molecule has 3 aromatic rings. The average Bonchev–Trinajstić information content (AvgIpc) is 3.30. The number of rotatable bonds is 5. The Kier molecular flexibility index (Phi) is 6.08. The van der Waals surface area contributed by atoms with Gasteiger partial charge in [-0.25, -0.2) is 14.1 Å². The van der Waals surface area contributed by atoms with Gasteiger partial charge in [-0.1, -0.05) is 35.9 Å². The lowest BCUT2D eigenvalue weighted by molar-refractivity contribution is -0.139. The molecule has 178 valence electrons. The largest absolute Gasteiger partial charge is 0.307 e. The summed E-state index contributed by atoms with van der Waals surface area (Å²) in [6, 6.07) is 12.5. The first-order valence-electron chi connectivity index (χ1n) is 11.1. The number of carbonyl (C=O) groups excluding carboxylic acids is 3. The first kappa shape index (κ1) is 22.8. The monoisotopic (exact) mass is 493 g/mol. The van der Waals surface area contributed by atoms with Gasteiger partial charge in [0.05, 0.1) is 35.3 Å². The highest BCUT2D eigenvalue weighted by Gasteiger charge is 2.42. The van der Waals surface area contributed by atoms with Crippen LogP contribution in [0.5, 0.6) is 0 Å². The van der Waals surface area contributed by atoms with Gasteiger partial charge in [0.1, 0.15) is 11.6 Å². The van der Waals surface area contributed by atoms with E-state index in [9.17, 15) is 18.8 Å². The lowest BCUT2D eigenvalue weighted by Gasteiger charge is -2.38. The molecule has 2 aromatic carbocycles. The van der Waals surface area contributed by atoms with Crippen LogP contribution in [0.3, 0.4) is 0 Å². The first-order chi connectivity index (χ1) is 16.9. The fourth-order valence-corrected chi connectivity index (χ4v) is 4.45. The molecule has 10 heteroatoms. The number of benzene rings is 2. The molecule has 0 saturated carbocycles. The number of hydrogen-bond donors (Lipinski definition) is 2. The van der Waals surface area contributed by atoms with Crippen molar-refractivity contribution in [3.8, 4) is 0 Å². The number of carbonyl (C=O) groups is 3. The van der Waals surface area contributed by atoms with Crippen LogP contribution in [-0.4, -0.2) is 27.5 Å². The Morgan fingerprint density at radius 1 is 1.11 bits per heavy atom. The summed E-state index contributed by atoms with van der Waals surface area (Å²) in [7, 11) is 0. The SMILES string of the molecule is O=C(Nc1ccnn1Cc1ccc(Cl)c(F)c1)c1cccc(N2NC(=O)C3CC=CCC3C2=O)c1. The quantitative estimate of drug-likeness (QED) is 0.526. The van der Waals surface area contributed by atoms with Crippen molar-refractivity contribution in [3.63, 3.8) is 0 Å². The van der Waals surface area contributed by atoms with Gasteiger partial charge in [0.25, 0.3) is 5.91 Å². The minimum atomic E-state index is -0.534. The van der Waals surface area contributed by atoms with Crippen molar-refractivity contribution in [2.75, 3.05) is 10.3 Å². The van der Waals surface area contributed by atoms with E-state index in [1.54, 1.807) is 36.4 Å². The summed E-state index contributed by atoms with van der Waals surface area (Å²) in [4.78, 5) is 38.6. The van der Waals surface area contributed by atoms with Crippen LogP contribution >= 0.6 is 11.6 Å². The zero-order valence-electron chi connectivity index (χ0n) is 18.4. The molecule has 2 aliphatic rings. The van der Waals surface area contributed by atoms with Crippen molar-refractivity contribution in [1.29, 1.82) is 0 Å². The summed E-state index contributed by atoms with van der Waals surface area (Å²) in [6.07, 6.45) is 6.41. The Bertz CT molecular complexity index is 1350. The number of fused-ring (bicyclic) bond motifs is 1. The fourth-order valence-electron chi connectivity index (χ4n) is 4.33. The van der Waals surface area contributed by atoms with Gasteiger partial charge in [-0.3, -0.25) is 19.8 Å². The minimum Gasteiger partial charge on any atom is -0.307 e. The van der Waals surface area contributed by atoms with E-state index in [-0.39, 0.29) is 29.3 Å². The summed E-state index contributed by atoms with van der Waals surface area (Å²) >= 11 is 5.74. The standard InChI is InChI=1S/C25H21ClFN5O3/c26-20-9-8-15(12-21(20)27)14-31-22(10-11-28-31)29-23(33)16-4-3-5-17(13-16)32-25(35)19-7-2-1-6-18(19)24(34)30-32/h1-5,8-13,18-19H,6-7,14H2,(H,29,33)(H,30,34). The van der Waals surface area contributed by atoms with Crippen LogP contribution in [0.15, 0.2) is 66.9 Å². The Morgan fingerprint density at radius 3 is 2.71 bits per heavy atom. The molecule has 2 atom stereocenters. The molecular formula is C25H21ClFN5O3. The Labute approximate surface area is 205 Å². The molecule has 35 heavy (non-hydrogen) atoms. The molecular weight excluding hydrogens is 473 g/mol. The molecule has 0 radical (unpaired) electrons. The third-order valence-electron chi connectivity index (χ3n) is 6.17. The van der Waals surface area contributed by atoms with E-state index < -0.39 is 17.6 Å². The molecule has 2 heterocycles. The van der Waals surface area contributed by atoms with Crippen LogP contribution in [0.2, 0.25) is 5.02 Å². The second-order valence-electron chi connectivity index (χ2n) is 8.43. The molecule has 2 N–H and O–H groups in total. The van der Waals surface area contributed by atoms with Crippen LogP contribution in [-0.2, 0) is 16.1 Å². The van der Waals surface area contributed by atoms with Gasteiger partial charge >= 0.3 is 0 Å². The lowest BCUT2D eigenvalue weighted by atomic mass is 9.80. The number of aromatic nitrogens is 2. The van der Waals surface area contributed by atoms with Crippen molar-refractivity contribution in [2.24, 2.45) is 11.8 Å². The Morgan fingerprint density at radius 2 is 1.91 bits per heavy atom. The predicted octanol–water partition coefficient (Wildman–Crippen LogP) is 3.94. The van der Waals surface area contributed by atoms with Gasteiger partial charge in [0.2, 0.25) is 11.8 Å². The zero-order chi connectivity index (χ0) is 24.5. The van der Waals surface area contributed by atoms with E-state index in [4.69, 9.17) is 11.6 Å². The van der Waals surface area contributed by atoms with Crippen molar-refractivity contribution >= 4 is 40.8 Å². The normalized spacial score (nSPS) is 19.3. The van der Waals surface area contributed by atoms with Gasteiger partial charge < -0.3 is 5.32 Å². The molecule has 0 spiro atoms. The lowest BCUT2D eigenvalue weighted by Crippen LogP contribution is -2.59. The molecule has 1 fully saturated rings. The van der Waals surface area contributed by atoms with Gasteiger partial charge in [-0.05, 0) is 48.7 Å². The van der Waals surface area contributed by atoms with Crippen LogP contribution in [0, 0.1) is 17.7 Å². The maximum atomic E-state index is 13.8. The Balaban J connectivity index is 1.33. The maximum Gasteiger partial charge on any atom is 0.256 e. The highest BCUT2D eigenvalue weighted by molar-refractivity contribution is 6.30. The number of nitrogens with one attached hydrogen (secondary N) is 2. The second-order valence-corrected chi connectivity index (χ2v) is 8.84. The number of amides is 3. The van der Waals surface area contributed by atoms with Gasteiger partial charge in [0.15, 0.2) is 0 Å². The molecule has 8 nitrogen and oxygen atoms in total. The van der Waals surface area contributed by atoms with Crippen molar-refractivity contribution in [3.05, 3.63) is 88.8 Å². The molecule has 1 saturated heterocycles. The number of nitrogens with zero attached hydrogens (tertiary/aromatic N) is 3. The number of halogens is 2. The highest BCUT2D eigenvalue weighted by Crippen LogP contribution is 2.32. The number of hydrogen-bond acceptors (Lipinski definition) is 4. The average molecular weight is 494 g/mol. The summed E-state index contributed by atoms with van der Waals surface area (Å²) in [5, 5.41) is 8.24. The summed E-state index contributed by atoms with van der Waals surface area (Å²) in [5.41, 5.74) is 3.98. The molecule has 2 unspecified atom stereocenters. The Hall–Kier alpha value is -3.98. The molecule has 3 amide bonds. The van der Waals surface area contributed by atoms with E-state index in [1.165, 1.54) is 28.0 Å². The van der Waals surface area contributed by atoms with E-state index in [2.05, 4.69) is 15.8 Å². The third-order valence-corrected chi connectivity index (χ3v) is 6.48. The summed E-state index contributed by atoms with van der Waals surface area (Å²) in [5.74, 6) is -1.75. The van der Waals surface area contributed by atoms with Crippen molar-refractivity contribution < 1.29 is 18.8 Å². The zero-order valence-corrected chi connectivity index (χ0v) is 19.2. The number of hydrazine groups is 1. The summed E-state index contributed by atoms with van der Waals surface area (Å²) in [6.45, 7) is 0.224. The molecule has 1 aromatic heterocycles. The summed E-state index contributed by atoms with van der Waals surface area (Å²) < 4.78 is 15.3. The topological polar surface area (TPSA) is 96.3 Å². The molecule has 1 aliphatic heterocycles. The van der Waals surface area contributed by atoms with Gasteiger partial charge in [0, 0.05) is 11.6 Å². The van der Waals surface area contributed by atoms with Crippen LogP contribution < -0.4 is 15.8 Å². The van der Waals surface area contributed by atoms with Crippen LogP contribution in [0.4, 0.5) is 15.9 Å². The maximum absolute atomic E-state index is 13.8. The second kappa shape index (κ2) is 9.34. The third kappa shape index (κ3) is 4.54. The van der Waals surface area contributed by atoms with E-state index in [0.717, 1.165) is 0 Å². The van der Waals surface area contributed by atoms with E-state index in [1.807, 2.05) is 12.2 Å². The van der Waals surface area contributed by atoms with Crippen LogP contribution in [0.1, 0.15) is 28.8 Å². The fraction of sp³-hybridized carbons (Fsp3) is 0.200. The smallest absolute Gasteiger partial charge is 0.256 e. The van der Waals surface area contributed by atoms with Crippen molar-refractivity contribution in [1.82, 2.24) is 15.2 Å². The minimum absolute atomic E-state index is 0.0291. The number of anilines is 2.